The molecule has 3 heterocycles. The van der Waals surface area contributed by atoms with Crippen LogP contribution in [0.1, 0.15) is 31.2 Å². The second kappa shape index (κ2) is 4.71. The topological polar surface area (TPSA) is 6.48 Å². The summed E-state index contributed by atoms with van der Waals surface area (Å²) in [7, 11) is 0. The van der Waals surface area contributed by atoms with Crippen molar-refractivity contribution < 1.29 is 0 Å². The van der Waals surface area contributed by atoms with Crippen molar-refractivity contribution in [3.63, 3.8) is 0 Å². The van der Waals surface area contributed by atoms with Crippen LogP contribution >= 0.6 is 11.8 Å². The van der Waals surface area contributed by atoms with Gasteiger partial charge in [-0.05, 0) is 36.8 Å². The summed E-state index contributed by atoms with van der Waals surface area (Å²) in [5, 5.41) is 0. The van der Waals surface area contributed by atoms with Gasteiger partial charge in [-0.15, -0.1) is 11.8 Å². The zero-order valence-corrected chi connectivity index (χ0v) is 12.5. The number of likely N-dealkylation sites (N-methyl/N-ethyl adjacent to an activating group) is 1. The van der Waals surface area contributed by atoms with Crippen molar-refractivity contribution in [3.05, 3.63) is 23.8 Å². The van der Waals surface area contributed by atoms with Crippen molar-refractivity contribution in [2.45, 2.75) is 36.6 Å². The van der Waals surface area contributed by atoms with Crippen molar-refractivity contribution >= 4 is 17.4 Å². The number of anilines is 1. The molecular weight excluding hydrogens is 252 g/mol. The third-order valence-electron chi connectivity index (χ3n) is 5.03. The third kappa shape index (κ3) is 1.82. The van der Waals surface area contributed by atoms with Gasteiger partial charge in [0.1, 0.15) is 0 Å². The van der Waals surface area contributed by atoms with Crippen LogP contribution in [-0.4, -0.2) is 42.9 Å². The van der Waals surface area contributed by atoms with Crippen molar-refractivity contribution in [2.75, 3.05) is 36.8 Å². The molecule has 3 aliphatic rings. The number of nitrogens with zero attached hydrogens (tertiary/aromatic N) is 2. The van der Waals surface area contributed by atoms with Gasteiger partial charge in [-0.3, -0.25) is 0 Å². The molecule has 102 valence electrons. The number of piperidine rings is 1. The van der Waals surface area contributed by atoms with E-state index in [0.717, 1.165) is 12.0 Å². The molecule has 19 heavy (non-hydrogen) atoms. The Balaban J connectivity index is 1.78. The van der Waals surface area contributed by atoms with Crippen molar-refractivity contribution in [1.29, 1.82) is 0 Å². The molecule has 1 aromatic carbocycles. The number of thioether (sulfide) groups is 1. The molecule has 0 spiro atoms. The molecule has 1 fully saturated rings. The Kier molecular flexibility index (Phi) is 3.00. The minimum absolute atomic E-state index is 0.752. The average Bonchev–Trinajstić information content (AvgIpc) is 2.62. The Morgan fingerprint density at radius 2 is 2.26 bits per heavy atom. The summed E-state index contributed by atoms with van der Waals surface area (Å²) < 4.78 is 0. The van der Waals surface area contributed by atoms with Gasteiger partial charge in [0.15, 0.2) is 0 Å². The fraction of sp³-hybridized carbons (Fsp3) is 0.625. The molecule has 2 nitrogen and oxygen atoms in total. The van der Waals surface area contributed by atoms with E-state index >= 15 is 0 Å². The fourth-order valence-electron chi connectivity index (χ4n) is 4.10. The number of likely N-dealkylation sites (tertiary alicyclic amines) is 1. The maximum absolute atomic E-state index is 2.75. The molecule has 1 saturated heterocycles. The third-order valence-corrected chi connectivity index (χ3v) is 6.16. The zero-order chi connectivity index (χ0) is 12.8. The number of rotatable bonds is 1. The van der Waals surface area contributed by atoms with E-state index in [9.17, 15) is 0 Å². The van der Waals surface area contributed by atoms with Gasteiger partial charge in [0.05, 0.1) is 5.69 Å². The summed E-state index contributed by atoms with van der Waals surface area (Å²) >= 11 is 2.06. The molecule has 0 amide bonds. The largest absolute Gasteiger partial charge is 0.367 e. The number of hydrogen-bond acceptors (Lipinski definition) is 3. The van der Waals surface area contributed by atoms with Crippen LogP contribution < -0.4 is 4.90 Å². The molecule has 2 atom stereocenters. The molecule has 4 rings (SSSR count). The van der Waals surface area contributed by atoms with Gasteiger partial charge < -0.3 is 9.80 Å². The van der Waals surface area contributed by atoms with E-state index in [0.29, 0.717) is 0 Å². The average molecular weight is 274 g/mol. The summed E-state index contributed by atoms with van der Waals surface area (Å²) in [5.41, 5.74) is 3.23. The number of para-hydroxylation sites is 1. The molecule has 3 aliphatic heterocycles. The first-order valence-electron chi connectivity index (χ1n) is 7.63. The Morgan fingerprint density at radius 1 is 1.32 bits per heavy atom. The summed E-state index contributed by atoms with van der Waals surface area (Å²) in [6.07, 6.45) is 2.68. The normalized spacial score (nSPS) is 29.8. The number of hydrogen-bond donors (Lipinski definition) is 0. The molecule has 3 heteroatoms. The van der Waals surface area contributed by atoms with E-state index in [1.165, 1.54) is 49.7 Å². The van der Waals surface area contributed by atoms with E-state index in [4.69, 9.17) is 0 Å². The fourth-order valence-corrected chi connectivity index (χ4v) is 5.14. The predicted molar refractivity (Wildman–Crippen MR) is 82.4 cm³/mol. The van der Waals surface area contributed by atoms with Gasteiger partial charge in [0.2, 0.25) is 0 Å². The highest BCUT2D eigenvalue weighted by atomic mass is 32.2. The highest BCUT2D eigenvalue weighted by Gasteiger charge is 2.42. The zero-order valence-electron chi connectivity index (χ0n) is 11.6. The molecule has 0 bridgehead atoms. The van der Waals surface area contributed by atoms with Gasteiger partial charge >= 0.3 is 0 Å². The molecular formula is C16H22N2S. The van der Waals surface area contributed by atoms with Crippen LogP contribution in [0.2, 0.25) is 0 Å². The van der Waals surface area contributed by atoms with Gasteiger partial charge in [0.25, 0.3) is 0 Å². The lowest BCUT2D eigenvalue weighted by atomic mass is 9.89. The van der Waals surface area contributed by atoms with Crippen LogP contribution in [0.25, 0.3) is 0 Å². The van der Waals surface area contributed by atoms with Crippen LogP contribution in [0.5, 0.6) is 0 Å². The summed E-state index contributed by atoms with van der Waals surface area (Å²) in [5.74, 6) is 2.04. The van der Waals surface area contributed by atoms with E-state index in [-0.39, 0.29) is 0 Å². The Bertz CT molecular complexity index is 488. The molecule has 1 aromatic rings. The van der Waals surface area contributed by atoms with Gasteiger partial charge in [0, 0.05) is 36.5 Å². The Labute approximate surface area is 120 Å². The molecule has 0 aliphatic carbocycles. The smallest absolute Gasteiger partial charge is 0.0543 e. The highest BCUT2D eigenvalue weighted by molar-refractivity contribution is 7.99. The second-order valence-corrected chi connectivity index (χ2v) is 7.08. The van der Waals surface area contributed by atoms with Crippen LogP contribution in [-0.2, 0) is 0 Å². The highest BCUT2D eigenvalue weighted by Crippen LogP contribution is 2.50. The molecule has 0 saturated carbocycles. The van der Waals surface area contributed by atoms with Gasteiger partial charge in [-0.2, -0.15) is 0 Å². The van der Waals surface area contributed by atoms with Crippen LogP contribution in [0.4, 0.5) is 5.69 Å². The summed E-state index contributed by atoms with van der Waals surface area (Å²) in [4.78, 5) is 6.91. The summed E-state index contributed by atoms with van der Waals surface area (Å²) in [6, 6.07) is 7.77. The maximum Gasteiger partial charge on any atom is 0.0543 e. The number of benzene rings is 1. The quantitative estimate of drug-likeness (QED) is 0.776. The predicted octanol–water partition coefficient (Wildman–Crippen LogP) is 3.18. The Hall–Kier alpha value is -0.670. The standard InChI is InChI=1S/C16H22N2S/c1-2-17-9-7-14-13(11-17)12-5-3-6-15-16(12)18(14)8-4-10-19-15/h3,5-6,13-14H,2,4,7-11H2,1H3. The first kappa shape index (κ1) is 12.1. The van der Waals surface area contributed by atoms with Crippen LogP contribution in [0, 0.1) is 0 Å². The monoisotopic (exact) mass is 274 g/mol. The van der Waals surface area contributed by atoms with E-state index < -0.39 is 0 Å². The first-order valence-corrected chi connectivity index (χ1v) is 8.61. The van der Waals surface area contributed by atoms with Crippen molar-refractivity contribution in [3.8, 4) is 0 Å². The van der Waals surface area contributed by atoms with E-state index in [1.807, 2.05) is 0 Å². The van der Waals surface area contributed by atoms with Gasteiger partial charge in [-0.25, -0.2) is 0 Å². The van der Waals surface area contributed by atoms with Crippen molar-refractivity contribution in [1.82, 2.24) is 4.90 Å². The first-order chi connectivity index (χ1) is 9.38. The van der Waals surface area contributed by atoms with Crippen LogP contribution in [0.3, 0.4) is 0 Å². The van der Waals surface area contributed by atoms with E-state index in [2.05, 4.69) is 46.7 Å². The maximum atomic E-state index is 2.75. The lowest BCUT2D eigenvalue weighted by Gasteiger charge is -2.38. The van der Waals surface area contributed by atoms with Crippen LogP contribution in [0.15, 0.2) is 23.1 Å². The van der Waals surface area contributed by atoms with Gasteiger partial charge in [-0.1, -0.05) is 19.1 Å². The molecule has 2 unspecified atom stereocenters. The minimum atomic E-state index is 0.752. The molecule has 0 radical (unpaired) electrons. The molecule has 0 N–H and O–H groups in total. The van der Waals surface area contributed by atoms with Crippen molar-refractivity contribution in [2.24, 2.45) is 0 Å². The summed E-state index contributed by atoms with van der Waals surface area (Å²) in [6.45, 7) is 7.31. The SMILES string of the molecule is CCN1CCC2C(C1)c1cccc3c1N2CCCS3. The lowest BCUT2D eigenvalue weighted by molar-refractivity contribution is 0.202. The lowest BCUT2D eigenvalue weighted by Crippen LogP contribution is -2.46. The number of fused-ring (bicyclic) bond motifs is 3. The Morgan fingerprint density at radius 3 is 3.16 bits per heavy atom. The minimum Gasteiger partial charge on any atom is -0.367 e. The van der Waals surface area contributed by atoms with E-state index in [1.54, 1.807) is 11.3 Å². The second-order valence-electron chi connectivity index (χ2n) is 5.95. The molecule has 0 aromatic heterocycles.